The monoisotopic (exact) mass is 816 g/mol. The van der Waals surface area contributed by atoms with Crippen molar-refractivity contribution < 1.29 is 28.6 Å². The van der Waals surface area contributed by atoms with Crippen molar-refractivity contribution in [2.75, 3.05) is 22.2 Å². The van der Waals surface area contributed by atoms with Crippen LogP contribution >= 0.6 is 0 Å². The van der Waals surface area contributed by atoms with Crippen LogP contribution < -0.4 is 29.3 Å². The fourth-order valence-electron chi connectivity index (χ4n) is 9.23. The lowest BCUT2D eigenvalue weighted by Crippen LogP contribution is -2.37. The molecule has 1 N–H and O–H groups in total. The highest BCUT2D eigenvalue weighted by atomic mass is 16.5. The van der Waals surface area contributed by atoms with Gasteiger partial charge in [0.15, 0.2) is 11.5 Å². The first-order chi connectivity index (χ1) is 29.4. The number of amides is 3. The van der Waals surface area contributed by atoms with Gasteiger partial charge in [0.2, 0.25) is 5.91 Å². The lowest BCUT2D eigenvalue weighted by molar-refractivity contribution is -0.116. The number of para-hydroxylation sites is 2. The van der Waals surface area contributed by atoms with Crippen LogP contribution in [-0.2, 0) is 37.3 Å². The molecule has 10 heteroatoms. The smallest absolute Gasteiger partial charge is 0.261 e. The molecule has 10 nitrogen and oxygen atoms in total. The topological polar surface area (TPSA) is 110 Å². The second-order valence-corrected chi connectivity index (χ2v) is 17.9. The minimum absolute atomic E-state index is 0.0166. The van der Waals surface area contributed by atoms with E-state index < -0.39 is 0 Å². The first-order valence-corrected chi connectivity index (χ1v) is 21.3. The standard InChI is InChI=1S/C51H52N4O6/c1-31-19-41-42(52-28-39-24-36-12-7-9-14-44(36)55(39)50(41)58)27-45(31)60-29-32-20-33(22-37(21-32)53-48(56)15-10-18-51(2,3)4)30-61-47-25-34-16-17-38-23-35-11-6-8-13-43(35)54(38)49(57)40(34)26-46(47)59-5/h6-9,11-14,19-22,25-28,38-39H,10,15-18,23-24,29-30H2,1-5H3,(H,53,56)/t38-,39+/m1/s1. The van der Waals surface area contributed by atoms with Gasteiger partial charge in [-0.05, 0) is 126 Å². The molecule has 5 aromatic rings. The summed E-state index contributed by atoms with van der Waals surface area (Å²) in [5.41, 5.74) is 10.2. The predicted octanol–water partition coefficient (Wildman–Crippen LogP) is 10.1. The van der Waals surface area contributed by atoms with E-state index in [0.717, 1.165) is 77.7 Å². The van der Waals surface area contributed by atoms with Gasteiger partial charge >= 0.3 is 0 Å². The number of ether oxygens (including phenoxy) is 3. The number of rotatable bonds is 11. The summed E-state index contributed by atoms with van der Waals surface area (Å²) in [5.74, 6) is 1.50. The number of carbonyl (C=O) groups excluding carboxylic acids is 3. The summed E-state index contributed by atoms with van der Waals surface area (Å²) in [6.45, 7) is 8.85. The quantitative estimate of drug-likeness (QED) is 0.142. The van der Waals surface area contributed by atoms with Gasteiger partial charge in [-0.3, -0.25) is 24.3 Å². The molecular weight excluding hydrogens is 765 g/mol. The van der Waals surface area contributed by atoms with Gasteiger partial charge in [0.25, 0.3) is 11.8 Å². The molecule has 5 aromatic carbocycles. The highest BCUT2D eigenvalue weighted by Gasteiger charge is 2.38. The van der Waals surface area contributed by atoms with Gasteiger partial charge in [-0.2, -0.15) is 0 Å². The van der Waals surface area contributed by atoms with Crippen LogP contribution in [0, 0.1) is 12.3 Å². The third-order valence-electron chi connectivity index (χ3n) is 12.3. The number of nitrogens with zero attached hydrogens (tertiary/aromatic N) is 3. The normalized spacial score (nSPS) is 17.3. The zero-order valence-corrected chi connectivity index (χ0v) is 35.5. The zero-order chi connectivity index (χ0) is 42.4. The minimum Gasteiger partial charge on any atom is -0.493 e. The summed E-state index contributed by atoms with van der Waals surface area (Å²) in [4.78, 5) is 49.8. The molecule has 0 saturated carbocycles. The molecule has 61 heavy (non-hydrogen) atoms. The molecule has 312 valence electrons. The first kappa shape index (κ1) is 40.0. The minimum atomic E-state index is -0.141. The Morgan fingerprint density at radius 2 is 1.44 bits per heavy atom. The van der Waals surface area contributed by atoms with Crippen LogP contribution in [0.15, 0.2) is 96.0 Å². The fraction of sp³-hybridized carbons (Fsp3) is 0.333. The van der Waals surface area contributed by atoms with Crippen molar-refractivity contribution in [3.8, 4) is 17.2 Å². The average Bonchev–Trinajstić information content (AvgIpc) is 3.73. The molecule has 4 aliphatic rings. The Balaban J connectivity index is 0.953. The highest BCUT2D eigenvalue weighted by molar-refractivity contribution is 6.14. The molecule has 0 bridgehead atoms. The van der Waals surface area contributed by atoms with E-state index in [-0.39, 0.29) is 48.4 Å². The molecule has 0 aromatic heterocycles. The molecule has 0 fully saturated rings. The number of nitrogens with one attached hydrogen (secondary N) is 1. The van der Waals surface area contributed by atoms with Gasteiger partial charge in [0.1, 0.15) is 19.0 Å². The molecule has 4 heterocycles. The van der Waals surface area contributed by atoms with Crippen LogP contribution in [0.2, 0.25) is 0 Å². The summed E-state index contributed by atoms with van der Waals surface area (Å²) in [7, 11) is 1.59. The third kappa shape index (κ3) is 8.11. The van der Waals surface area contributed by atoms with Crippen molar-refractivity contribution in [2.45, 2.75) is 97.9 Å². The lowest BCUT2D eigenvalue weighted by atomic mass is 9.90. The van der Waals surface area contributed by atoms with Crippen LogP contribution in [0.1, 0.15) is 101 Å². The molecule has 3 amide bonds. The number of carbonyl (C=O) groups is 3. The van der Waals surface area contributed by atoms with Crippen LogP contribution in [0.25, 0.3) is 0 Å². The number of methoxy groups -OCH3 is 1. The van der Waals surface area contributed by atoms with E-state index in [0.29, 0.717) is 46.2 Å². The second-order valence-electron chi connectivity index (χ2n) is 17.9. The zero-order valence-electron chi connectivity index (χ0n) is 35.5. The molecule has 0 radical (unpaired) electrons. The third-order valence-corrected chi connectivity index (χ3v) is 12.3. The van der Waals surface area contributed by atoms with Crippen LogP contribution in [0.4, 0.5) is 22.7 Å². The van der Waals surface area contributed by atoms with E-state index >= 15 is 0 Å². The number of aliphatic imine (C=N–C) groups is 1. The van der Waals surface area contributed by atoms with E-state index in [4.69, 9.17) is 19.2 Å². The number of fused-ring (bicyclic) bond motifs is 8. The maximum Gasteiger partial charge on any atom is 0.261 e. The first-order valence-electron chi connectivity index (χ1n) is 21.3. The number of hydrogen-bond donors (Lipinski definition) is 1. The Morgan fingerprint density at radius 1 is 0.770 bits per heavy atom. The number of hydrogen-bond acceptors (Lipinski definition) is 7. The van der Waals surface area contributed by atoms with Crippen molar-refractivity contribution in [2.24, 2.45) is 10.4 Å². The van der Waals surface area contributed by atoms with Crippen LogP contribution in [-0.4, -0.2) is 43.1 Å². The van der Waals surface area contributed by atoms with E-state index in [1.165, 1.54) is 5.56 Å². The summed E-state index contributed by atoms with van der Waals surface area (Å²) in [5, 5.41) is 3.12. The Hall–Kier alpha value is -6.42. The molecule has 0 saturated heterocycles. The van der Waals surface area contributed by atoms with E-state index in [1.807, 2.05) is 102 Å². The fourth-order valence-corrected chi connectivity index (χ4v) is 9.23. The van der Waals surface area contributed by atoms with Crippen molar-refractivity contribution in [1.82, 2.24) is 0 Å². The molecule has 0 spiro atoms. The van der Waals surface area contributed by atoms with Gasteiger partial charge in [-0.1, -0.05) is 57.2 Å². The molecular formula is C51H52N4O6. The summed E-state index contributed by atoms with van der Waals surface area (Å²) >= 11 is 0. The Morgan fingerprint density at radius 3 is 2.16 bits per heavy atom. The van der Waals surface area contributed by atoms with Crippen molar-refractivity contribution in [3.63, 3.8) is 0 Å². The maximum atomic E-state index is 14.0. The molecule has 9 rings (SSSR count). The lowest BCUT2D eigenvalue weighted by Gasteiger charge is -2.23. The van der Waals surface area contributed by atoms with Crippen LogP contribution in [0.3, 0.4) is 0 Å². The second kappa shape index (κ2) is 16.2. The Kier molecular flexibility index (Phi) is 10.6. The molecule has 0 aliphatic carbocycles. The van der Waals surface area contributed by atoms with Gasteiger partial charge in [0.05, 0.1) is 24.4 Å². The van der Waals surface area contributed by atoms with Gasteiger partial charge in [-0.25, -0.2) is 0 Å². The van der Waals surface area contributed by atoms with Gasteiger partial charge in [-0.15, -0.1) is 0 Å². The molecule has 2 atom stereocenters. The van der Waals surface area contributed by atoms with Gasteiger partial charge in [0, 0.05) is 53.8 Å². The number of aryl methyl sites for hydroxylation is 2. The number of anilines is 3. The van der Waals surface area contributed by atoms with E-state index in [9.17, 15) is 14.4 Å². The number of benzene rings is 5. The molecule has 4 aliphatic heterocycles. The van der Waals surface area contributed by atoms with Crippen molar-refractivity contribution >= 4 is 46.7 Å². The van der Waals surface area contributed by atoms with E-state index in [1.54, 1.807) is 7.11 Å². The van der Waals surface area contributed by atoms with Crippen molar-refractivity contribution in [3.05, 3.63) is 136 Å². The summed E-state index contributed by atoms with van der Waals surface area (Å²) in [6, 6.07) is 29.5. The average molecular weight is 817 g/mol. The Labute approximate surface area is 357 Å². The SMILES string of the molecule is COc1cc2c(cc1OCc1cc(COc3cc4c(cc3C)C(=O)N3c5ccccc5C[C@H]3C=N4)cc(NC(=O)CCCC(C)(C)C)c1)CC[C@@H]1Cc3ccccc3N1C2=O. The predicted molar refractivity (Wildman–Crippen MR) is 239 cm³/mol. The maximum absolute atomic E-state index is 14.0. The van der Waals surface area contributed by atoms with Gasteiger partial charge < -0.3 is 24.4 Å². The molecule has 0 unspecified atom stereocenters. The Bertz CT molecular complexity index is 2590. The highest BCUT2D eigenvalue weighted by Crippen LogP contribution is 2.42. The largest absolute Gasteiger partial charge is 0.493 e. The van der Waals surface area contributed by atoms with Crippen LogP contribution in [0.5, 0.6) is 17.2 Å². The summed E-state index contributed by atoms with van der Waals surface area (Å²) in [6.07, 6.45) is 7.16. The van der Waals surface area contributed by atoms with Crippen molar-refractivity contribution in [1.29, 1.82) is 0 Å². The summed E-state index contributed by atoms with van der Waals surface area (Å²) < 4.78 is 18.8. The van der Waals surface area contributed by atoms with E-state index in [2.05, 4.69) is 38.2 Å².